The Morgan fingerprint density at radius 3 is 2.47 bits per heavy atom. The molecule has 4 nitrogen and oxygen atoms in total. The summed E-state index contributed by atoms with van der Waals surface area (Å²) < 4.78 is 13.7. The van der Waals surface area contributed by atoms with Crippen LogP contribution in [0.25, 0.3) is 0 Å². The van der Waals surface area contributed by atoms with Gasteiger partial charge in [0.05, 0.1) is 5.56 Å². The lowest BCUT2D eigenvalue weighted by Gasteiger charge is -2.25. The van der Waals surface area contributed by atoms with Crippen molar-refractivity contribution >= 4 is 11.9 Å². The molecule has 1 aliphatic rings. The third-order valence-corrected chi connectivity index (χ3v) is 3.59. The van der Waals surface area contributed by atoms with E-state index in [1.807, 2.05) is 0 Å². The summed E-state index contributed by atoms with van der Waals surface area (Å²) in [6.45, 7) is 1.72. The summed E-state index contributed by atoms with van der Waals surface area (Å²) in [7, 11) is 0. The summed E-state index contributed by atoms with van der Waals surface area (Å²) in [5.41, 5.74) is -0.644. The Morgan fingerprint density at radius 1 is 1.32 bits per heavy atom. The van der Waals surface area contributed by atoms with E-state index in [4.69, 9.17) is 0 Å². The van der Waals surface area contributed by atoms with Crippen LogP contribution in [0.5, 0.6) is 0 Å². The predicted molar refractivity (Wildman–Crippen MR) is 67.4 cm³/mol. The summed E-state index contributed by atoms with van der Waals surface area (Å²) >= 11 is 0. The van der Waals surface area contributed by atoms with Gasteiger partial charge in [-0.05, 0) is 37.5 Å². The van der Waals surface area contributed by atoms with Crippen molar-refractivity contribution in [3.63, 3.8) is 0 Å². The average Bonchev–Trinajstić information content (AvgIpc) is 2.78. The highest BCUT2D eigenvalue weighted by atomic mass is 19.1. The minimum Gasteiger partial charge on any atom is -0.480 e. The molecule has 1 saturated carbocycles. The molecule has 1 amide bonds. The van der Waals surface area contributed by atoms with E-state index in [0.29, 0.717) is 18.4 Å². The molecule has 0 saturated heterocycles. The molecule has 1 fully saturated rings. The lowest BCUT2D eigenvalue weighted by Crippen LogP contribution is -2.52. The van der Waals surface area contributed by atoms with Gasteiger partial charge in [-0.15, -0.1) is 0 Å². The molecule has 102 valence electrons. The van der Waals surface area contributed by atoms with E-state index in [1.54, 1.807) is 13.0 Å². The Bertz CT molecular complexity index is 521. The second kappa shape index (κ2) is 4.99. The van der Waals surface area contributed by atoms with Crippen LogP contribution >= 0.6 is 0 Å². The minimum atomic E-state index is -1.24. The molecule has 1 aromatic rings. The fourth-order valence-corrected chi connectivity index (χ4v) is 2.46. The summed E-state index contributed by atoms with van der Waals surface area (Å²) in [4.78, 5) is 23.3. The van der Waals surface area contributed by atoms with Crippen LogP contribution in [0.15, 0.2) is 18.2 Å². The van der Waals surface area contributed by atoms with Gasteiger partial charge in [0, 0.05) is 0 Å². The molecule has 0 spiro atoms. The Labute approximate surface area is 110 Å². The highest BCUT2D eigenvalue weighted by Crippen LogP contribution is 2.30. The van der Waals surface area contributed by atoms with E-state index in [1.165, 1.54) is 12.1 Å². The van der Waals surface area contributed by atoms with Crippen molar-refractivity contribution in [2.24, 2.45) is 0 Å². The first-order valence-corrected chi connectivity index (χ1v) is 6.27. The Morgan fingerprint density at radius 2 is 1.95 bits per heavy atom. The van der Waals surface area contributed by atoms with Crippen molar-refractivity contribution in [2.45, 2.75) is 38.1 Å². The van der Waals surface area contributed by atoms with Crippen LogP contribution < -0.4 is 5.32 Å². The Hall–Kier alpha value is -1.91. The lowest BCUT2D eigenvalue weighted by atomic mass is 9.97. The van der Waals surface area contributed by atoms with Crippen LogP contribution in [0.4, 0.5) is 4.39 Å². The van der Waals surface area contributed by atoms with E-state index < -0.39 is 23.2 Å². The highest BCUT2D eigenvalue weighted by Gasteiger charge is 2.42. The van der Waals surface area contributed by atoms with E-state index in [2.05, 4.69) is 5.32 Å². The number of carboxylic acids is 1. The van der Waals surface area contributed by atoms with Gasteiger partial charge in [0.2, 0.25) is 0 Å². The Balaban J connectivity index is 2.22. The fraction of sp³-hybridized carbons (Fsp3) is 0.429. The van der Waals surface area contributed by atoms with Gasteiger partial charge >= 0.3 is 5.97 Å². The number of benzene rings is 1. The monoisotopic (exact) mass is 265 g/mol. The number of carboxylic acid groups (broad SMARTS) is 1. The maximum absolute atomic E-state index is 13.7. The number of rotatable bonds is 3. The molecule has 0 unspecified atom stereocenters. The molecule has 0 atom stereocenters. The van der Waals surface area contributed by atoms with Crippen molar-refractivity contribution < 1.29 is 19.1 Å². The zero-order valence-electron chi connectivity index (χ0n) is 10.7. The summed E-state index contributed by atoms with van der Waals surface area (Å²) in [6.07, 6.45) is 2.29. The molecule has 19 heavy (non-hydrogen) atoms. The van der Waals surface area contributed by atoms with Crippen molar-refractivity contribution in [1.29, 1.82) is 0 Å². The van der Waals surface area contributed by atoms with Crippen molar-refractivity contribution in [3.05, 3.63) is 35.1 Å². The number of halogens is 1. The quantitative estimate of drug-likeness (QED) is 0.881. The molecular weight excluding hydrogens is 249 g/mol. The number of hydrogen-bond acceptors (Lipinski definition) is 2. The highest BCUT2D eigenvalue weighted by molar-refractivity contribution is 5.98. The van der Waals surface area contributed by atoms with E-state index in [9.17, 15) is 19.1 Å². The Kier molecular flexibility index (Phi) is 3.55. The normalized spacial score (nSPS) is 17.2. The van der Waals surface area contributed by atoms with Gasteiger partial charge in [0.1, 0.15) is 11.4 Å². The topological polar surface area (TPSA) is 66.4 Å². The second-order valence-corrected chi connectivity index (χ2v) is 5.03. The SMILES string of the molecule is Cc1ccc(C(=O)NC2(C(=O)O)CCCC2)c(F)c1. The maximum atomic E-state index is 13.7. The molecule has 1 aromatic carbocycles. The van der Waals surface area contributed by atoms with E-state index in [0.717, 1.165) is 12.8 Å². The number of hydrogen-bond donors (Lipinski definition) is 2. The van der Waals surface area contributed by atoms with Gasteiger partial charge < -0.3 is 10.4 Å². The van der Waals surface area contributed by atoms with Crippen LogP contribution in [0.3, 0.4) is 0 Å². The largest absolute Gasteiger partial charge is 0.480 e. The lowest BCUT2D eigenvalue weighted by molar-refractivity contribution is -0.144. The van der Waals surface area contributed by atoms with Crippen molar-refractivity contribution in [2.75, 3.05) is 0 Å². The molecule has 0 radical (unpaired) electrons. The molecule has 5 heteroatoms. The van der Waals surface area contributed by atoms with Crippen molar-refractivity contribution in [3.8, 4) is 0 Å². The van der Waals surface area contributed by atoms with Crippen LogP contribution in [-0.2, 0) is 4.79 Å². The van der Waals surface area contributed by atoms with E-state index >= 15 is 0 Å². The number of aliphatic carboxylic acids is 1. The number of aryl methyl sites for hydroxylation is 1. The van der Waals surface area contributed by atoms with Gasteiger partial charge in [-0.3, -0.25) is 4.79 Å². The first-order chi connectivity index (χ1) is 8.94. The van der Waals surface area contributed by atoms with Crippen LogP contribution in [0, 0.1) is 12.7 Å². The molecule has 1 aliphatic carbocycles. The maximum Gasteiger partial charge on any atom is 0.329 e. The van der Waals surface area contributed by atoms with E-state index in [-0.39, 0.29) is 5.56 Å². The molecule has 0 bridgehead atoms. The second-order valence-electron chi connectivity index (χ2n) is 5.03. The molecule has 0 aromatic heterocycles. The van der Waals surface area contributed by atoms with Gasteiger partial charge in [-0.1, -0.05) is 18.9 Å². The number of carbonyl (C=O) groups excluding carboxylic acids is 1. The minimum absolute atomic E-state index is 0.113. The molecule has 2 N–H and O–H groups in total. The van der Waals surface area contributed by atoms with Crippen LogP contribution in [-0.4, -0.2) is 22.5 Å². The van der Waals surface area contributed by atoms with Gasteiger partial charge in [-0.25, -0.2) is 9.18 Å². The number of carbonyl (C=O) groups is 2. The summed E-state index contributed by atoms with van der Waals surface area (Å²) in [6, 6.07) is 4.27. The van der Waals surface area contributed by atoms with Crippen LogP contribution in [0.1, 0.15) is 41.6 Å². The smallest absolute Gasteiger partial charge is 0.329 e. The van der Waals surface area contributed by atoms with Gasteiger partial charge in [0.25, 0.3) is 5.91 Å². The van der Waals surface area contributed by atoms with Crippen molar-refractivity contribution in [1.82, 2.24) is 5.32 Å². The molecule has 0 aliphatic heterocycles. The zero-order valence-corrected chi connectivity index (χ0v) is 10.7. The zero-order chi connectivity index (χ0) is 14.0. The molecule has 2 rings (SSSR count). The fourth-order valence-electron chi connectivity index (χ4n) is 2.46. The molecular formula is C14H16FNO3. The summed E-state index contributed by atoms with van der Waals surface area (Å²) in [5.74, 6) is -2.34. The third kappa shape index (κ3) is 2.59. The molecule has 0 heterocycles. The van der Waals surface area contributed by atoms with Crippen LogP contribution in [0.2, 0.25) is 0 Å². The third-order valence-electron chi connectivity index (χ3n) is 3.59. The average molecular weight is 265 g/mol. The first-order valence-electron chi connectivity index (χ1n) is 6.27. The predicted octanol–water partition coefficient (Wildman–Crippen LogP) is 2.26. The summed E-state index contributed by atoms with van der Waals surface area (Å²) in [5, 5.41) is 11.8. The first kappa shape index (κ1) is 13.5. The number of amides is 1. The van der Waals surface area contributed by atoms with Gasteiger partial charge in [-0.2, -0.15) is 0 Å². The number of nitrogens with one attached hydrogen (secondary N) is 1. The van der Waals surface area contributed by atoms with Gasteiger partial charge in [0.15, 0.2) is 0 Å². The standard InChI is InChI=1S/C14H16FNO3/c1-9-4-5-10(11(15)8-9)12(17)16-14(13(18)19)6-2-3-7-14/h4-5,8H,2-3,6-7H2,1H3,(H,16,17)(H,18,19).